The number of ether oxygens (including phenoxy) is 1. The lowest BCUT2D eigenvalue weighted by Gasteiger charge is -2.37. The molecule has 1 aliphatic carbocycles. The van der Waals surface area contributed by atoms with Crippen LogP contribution in [-0.2, 0) is 40.1 Å². The molecule has 0 unspecified atom stereocenters. The van der Waals surface area contributed by atoms with Crippen molar-refractivity contribution in [3.63, 3.8) is 0 Å². The van der Waals surface area contributed by atoms with Gasteiger partial charge < -0.3 is 24.4 Å². The molecule has 1 aliphatic heterocycles. The molecule has 0 saturated carbocycles. The molecule has 10 heteroatoms. The smallest absolute Gasteiger partial charge is 0.227 e. The number of likely N-dealkylation sites (N-methyl/N-ethyl adjacent to an activating group) is 1. The fraction of sp³-hybridized carbons (Fsp3) is 0.481. The summed E-state index contributed by atoms with van der Waals surface area (Å²) in [7, 11) is 2.29. The Hall–Kier alpha value is -3.08. The van der Waals surface area contributed by atoms with Crippen molar-refractivity contribution in [1.29, 1.82) is 0 Å². The number of thiazole rings is 1. The van der Waals surface area contributed by atoms with Gasteiger partial charge in [0.25, 0.3) is 0 Å². The number of carbonyl (C=O) groups excluding carboxylic acids is 2. The molecule has 2 aromatic heterocycles. The lowest BCUT2D eigenvalue weighted by atomic mass is 9.80. The van der Waals surface area contributed by atoms with Crippen molar-refractivity contribution in [2.45, 2.75) is 38.6 Å². The number of aryl methyl sites for hydroxylation is 1. The molecule has 2 N–H and O–H groups in total. The molecule has 0 atom stereocenters. The third-order valence-corrected chi connectivity index (χ3v) is 8.61. The van der Waals surface area contributed by atoms with Crippen molar-refractivity contribution in [3.8, 4) is 11.3 Å². The zero-order chi connectivity index (χ0) is 25.9. The molecule has 3 heterocycles. The highest BCUT2D eigenvalue weighted by molar-refractivity contribution is 7.09. The molecular weight excluding hydrogens is 490 g/mol. The van der Waals surface area contributed by atoms with E-state index in [4.69, 9.17) is 9.72 Å². The average Bonchev–Trinajstić information content (AvgIpc) is 3.60. The van der Waals surface area contributed by atoms with E-state index in [0.717, 1.165) is 83.3 Å². The van der Waals surface area contributed by atoms with E-state index < -0.39 is 11.4 Å². The summed E-state index contributed by atoms with van der Waals surface area (Å²) in [6, 6.07) is 7.74. The largest absolute Gasteiger partial charge is 0.550 e. The molecule has 1 saturated heterocycles. The van der Waals surface area contributed by atoms with Gasteiger partial charge in [0.05, 0.1) is 50.7 Å². The van der Waals surface area contributed by atoms with Crippen LogP contribution in [0.2, 0.25) is 0 Å². The molecule has 9 nitrogen and oxygen atoms in total. The number of hydrogen-bond donors (Lipinski definition) is 2. The van der Waals surface area contributed by atoms with Crippen LogP contribution >= 0.6 is 11.3 Å². The maximum Gasteiger partial charge on any atom is 0.227 e. The van der Waals surface area contributed by atoms with Gasteiger partial charge >= 0.3 is 0 Å². The molecule has 1 amide bonds. The van der Waals surface area contributed by atoms with E-state index in [9.17, 15) is 14.7 Å². The fourth-order valence-corrected chi connectivity index (χ4v) is 6.30. The molecule has 3 aromatic rings. The second-order valence-electron chi connectivity index (χ2n) is 10.5. The predicted molar refractivity (Wildman–Crippen MR) is 137 cm³/mol. The first kappa shape index (κ1) is 25.6. The zero-order valence-corrected chi connectivity index (χ0v) is 21.9. The summed E-state index contributed by atoms with van der Waals surface area (Å²) in [6.45, 7) is 5.09. The molecule has 5 rings (SSSR count). The molecule has 1 aromatic carbocycles. The monoisotopic (exact) mass is 523 g/mol. The van der Waals surface area contributed by atoms with Gasteiger partial charge in [-0.3, -0.25) is 9.89 Å². The van der Waals surface area contributed by atoms with Crippen molar-refractivity contribution >= 4 is 23.2 Å². The van der Waals surface area contributed by atoms with Crippen LogP contribution in [0.15, 0.2) is 35.8 Å². The number of morpholine rings is 1. The van der Waals surface area contributed by atoms with E-state index in [2.05, 4.69) is 22.6 Å². The minimum atomic E-state index is -1.21. The predicted octanol–water partition coefficient (Wildman–Crippen LogP) is 1.48. The van der Waals surface area contributed by atoms with Gasteiger partial charge in [-0.25, -0.2) is 4.98 Å². The number of aromatic nitrogens is 3. The maximum absolute atomic E-state index is 13.3. The second kappa shape index (κ2) is 10.7. The van der Waals surface area contributed by atoms with Gasteiger partial charge in [0.1, 0.15) is 18.1 Å². The Bertz CT molecular complexity index is 1240. The number of amides is 1. The molecule has 0 radical (unpaired) electrons. The van der Waals surface area contributed by atoms with E-state index in [1.54, 1.807) is 0 Å². The number of rotatable bonds is 10. The number of aliphatic carboxylic acids is 1. The van der Waals surface area contributed by atoms with Crippen LogP contribution in [0.3, 0.4) is 0 Å². The van der Waals surface area contributed by atoms with Gasteiger partial charge in [-0.15, -0.1) is 11.3 Å². The summed E-state index contributed by atoms with van der Waals surface area (Å²) in [4.78, 5) is 29.5. The van der Waals surface area contributed by atoms with Crippen LogP contribution in [0.25, 0.3) is 11.3 Å². The first-order chi connectivity index (χ1) is 17.9. The van der Waals surface area contributed by atoms with Crippen molar-refractivity contribution in [3.05, 3.63) is 57.7 Å². The van der Waals surface area contributed by atoms with Crippen molar-refractivity contribution in [1.82, 2.24) is 20.5 Å². The molecule has 37 heavy (non-hydrogen) atoms. The third kappa shape index (κ3) is 5.76. The van der Waals surface area contributed by atoms with Gasteiger partial charge in [0.15, 0.2) is 0 Å². The van der Waals surface area contributed by atoms with E-state index in [-0.39, 0.29) is 18.9 Å². The number of nitrogens with one attached hydrogen (secondary N) is 2. The molecule has 1 fully saturated rings. The standard InChI is InChI=1S/C27H33N5O4S/c1-32(9-11-36-12-10-32)8-4-7-22-21(16-29-31-22)23-18-37-24(30-23)17-28-26(35)27(15-25(33)34)13-19-5-2-3-6-20(19)14-27/h2-3,5-6,16,18H,4,7-15,17H2,1H3,(H2-,28,29,31,33,34,35). The summed E-state index contributed by atoms with van der Waals surface area (Å²) < 4.78 is 6.54. The zero-order valence-electron chi connectivity index (χ0n) is 21.1. The third-order valence-electron chi connectivity index (χ3n) is 7.76. The summed E-state index contributed by atoms with van der Waals surface area (Å²) in [5.41, 5.74) is 3.90. The average molecular weight is 524 g/mol. The molecular formula is C27H33N5O4S. The van der Waals surface area contributed by atoms with Gasteiger partial charge in [-0.1, -0.05) is 24.3 Å². The molecule has 2 aliphatic rings. The normalized spacial score (nSPS) is 17.9. The number of carboxylic acids is 1. The summed E-state index contributed by atoms with van der Waals surface area (Å²) >= 11 is 1.47. The lowest BCUT2D eigenvalue weighted by Crippen LogP contribution is -2.52. The Morgan fingerprint density at radius 2 is 1.95 bits per heavy atom. The Balaban J connectivity index is 1.20. The number of benzene rings is 1. The summed E-state index contributed by atoms with van der Waals surface area (Å²) in [5, 5.41) is 24.6. The second-order valence-corrected chi connectivity index (χ2v) is 11.5. The van der Waals surface area contributed by atoms with Crippen molar-refractivity contribution < 1.29 is 23.9 Å². The number of nitrogens with zero attached hydrogens (tertiary/aromatic N) is 3. The van der Waals surface area contributed by atoms with E-state index in [1.807, 2.05) is 35.8 Å². The Labute approximate surface area is 220 Å². The van der Waals surface area contributed by atoms with E-state index in [1.165, 1.54) is 11.3 Å². The highest BCUT2D eigenvalue weighted by Gasteiger charge is 2.43. The quantitative estimate of drug-likeness (QED) is 0.389. The van der Waals surface area contributed by atoms with Crippen LogP contribution in [0.4, 0.5) is 0 Å². The minimum absolute atomic E-state index is 0.250. The van der Waals surface area contributed by atoms with Gasteiger partial charge in [-0.2, -0.15) is 5.10 Å². The summed E-state index contributed by atoms with van der Waals surface area (Å²) in [5.74, 6) is -1.48. The van der Waals surface area contributed by atoms with Gasteiger partial charge in [0, 0.05) is 35.4 Å². The number of hydrogen-bond acceptors (Lipinski definition) is 7. The number of quaternary nitrogens is 1. The molecule has 0 bridgehead atoms. The SMILES string of the molecule is C[N+]1(CCCc2[nH]ncc2-c2csc(CNC(=O)C3(CC(=O)[O-])Cc4ccccc4C3)n2)CCOCC1. The van der Waals surface area contributed by atoms with Crippen LogP contribution in [-0.4, -0.2) is 71.4 Å². The van der Waals surface area contributed by atoms with E-state index >= 15 is 0 Å². The maximum atomic E-state index is 13.3. The molecule has 0 spiro atoms. The lowest BCUT2D eigenvalue weighted by molar-refractivity contribution is -0.917. The van der Waals surface area contributed by atoms with Crippen LogP contribution in [0.5, 0.6) is 0 Å². The van der Waals surface area contributed by atoms with E-state index in [0.29, 0.717) is 12.8 Å². The van der Waals surface area contributed by atoms with Crippen molar-refractivity contribution in [2.24, 2.45) is 5.41 Å². The number of H-pyrrole nitrogens is 1. The number of carboxylic acid groups (broad SMARTS) is 1. The summed E-state index contributed by atoms with van der Waals surface area (Å²) in [6.07, 6.45) is 4.23. The first-order valence-corrected chi connectivity index (χ1v) is 13.7. The first-order valence-electron chi connectivity index (χ1n) is 12.8. The highest BCUT2D eigenvalue weighted by Crippen LogP contribution is 2.40. The Morgan fingerprint density at radius 3 is 2.65 bits per heavy atom. The van der Waals surface area contributed by atoms with Crippen LogP contribution < -0.4 is 10.4 Å². The number of aromatic amines is 1. The van der Waals surface area contributed by atoms with Crippen LogP contribution in [0, 0.1) is 5.41 Å². The Morgan fingerprint density at radius 1 is 1.22 bits per heavy atom. The highest BCUT2D eigenvalue weighted by atomic mass is 32.1. The van der Waals surface area contributed by atoms with Gasteiger partial charge in [0.2, 0.25) is 5.91 Å². The number of fused-ring (bicyclic) bond motifs is 1. The molecule has 196 valence electrons. The fourth-order valence-electron chi connectivity index (χ4n) is 5.56. The minimum Gasteiger partial charge on any atom is -0.550 e. The van der Waals surface area contributed by atoms with Crippen molar-refractivity contribution in [2.75, 3.05) is 39.9 Å². The van der Waals surface area contributed by atoms with Crippen LogP contribution in [0.1, 0.15) is 34.7 Å². The number of carbonyl (C=O) groups is 2. The Kier molecular flexibility index (Phi) is 7.41. The van der Waals surface area contributed by atoms with Gasteiger partial charge in [-0.05, 0) is 30.4 Å². The topological polar surface area (TPSA) is 120 Å².